The van der Waals surface area contributed by atoms with E-state index in [1.54, 1.807) is 19.1 Å². The highest BCUT2D eigenvalue weighted by Crippen LogP contribution is 2.09. The molecular weight excluding hydrogens is 234 g/mol. The Balaban J connectivity index is 2.01. The van der Waals surface area contributed by atoms with E-state index < -0.39 is 0 Å². The van der Waals surface area contributed by atoms with E-state index >= 15 is 0 Å². The largest absolute Gasteiger partial charge is 0.361 e. The molecule has 1 amide bonds. The molecule has 0 saturated heterocycles. The highest BCUT2D eigenvalue weighted by Gasteiger charge is 2.12. The second-order valence-corrected chi connectivity index (χ2v) is 4.29. The van der Waals surface area contributed by atoms with Gasteiger partial charge < -0.3 is 14.7 Å². The molecule has 0 unspecified atom stereocenters. The first-order valence-electron chi connectivity index (χ1n) is 5.48. The lowest BCUT2D eigenvalue weighted by molar-refractivity contribution is 0.101. The average molecular weight is 249 g/mol. The van der Waals surface area contributed by atoms with Crippen LogP contribution in [0, 0.1) is 6.92 Å². The van der Waals surface area contributed by atoms with Crippen LogP contribution in [0.3, 0.4) is 0 Å². The Kier molecular flexibility index (Phi) is 3.42. The molecule has 0 saturated carbocycles. The molecule has 0 fully saturated rings. The van der Waals surface area contributed by atoms with Crippen molar-refractivity contribution in [1.82, 2.24) is 20.3 Å². The van der Waals surface area contributed by atoms with Gasteiger partial charge in [-0.05, 0) is 21.0 Å². The highest BCUT2D eigenvalue weighted by molar-refractivity contribution is 6.02. The van der Waals surface area contributed by atoms with Gasteiger partial charge in [0.1, 0.15) is 5.76 Å². The smallest absolute Gasteiger partial charge is 0.279 e. The molecule has 18 heavy (non-hydrogen) atoms. The SMILES string of the molecule is Cc1cc(C(=O)Nc2cc(CN(C)C)[nH]n2)no1. The van der Waals surface area contributed by atoms with E-state index in [1.807, 2.05) is 19.0 Å². The van der Waals surface area contributed by atoms with Gasteiger partial charge in [0.2, 0.25) is 0 Å². The van der Waals surface area contributed by atoms with Crippen LogP contribution < -0.4 is 5.32 Å². The maximum atomic E-state index is 11.8. The Morgan fingerprint density at radius 2 is 2.28 bits per heavy atom. The van der Waals surface area contributed by atoms with Crippen molar-refractivity contribution in [1.29, 1.82) is 0 Å². The van der Waals surface area contributed by atoms with E-state index in [0.717, 1.165) is 12.2 Å². The summed E-state index contributed by atoms with van der Waals surface area (Å²) in [7, 11) is 3.91. The van der Waals surface area contributed by atoms with Crippen LogP contribution >= 0.6 is 0 Å². The fraction of sp³-hybridized carbons (Fsp3) is 0.364. The van der Waals surface area contributed by atoms with Gasteiger partial charge in [-0.15, -0.1) is 0 Å². The molecule has 2 aromatic rings. The molecule has 0 aliphatic carbocycles. The number of amides is 1. The maximum absolute atomic E-state index is 11.8. The predicted octanol–water partition coefficient (Wildman–Crippen LogP) is 1.02. The fourth-order valence-corrected chi connectivity index (χ4v) is 1.50. The molecule has 0 aliphatic heterocycles. The highest BCUT2D eigenvalue weighted by atomic mass is 16.5. The van der Waals surface area contributed by atoms with Crippen LogP contribution in [0.1, 0.15) is 21.9 Å². The molecule has 0 aromatic carbocycles. The van der Waals surface area contributed by atoms with Crippen LogP contribution in [0.2, 0.25) is 0 Å². The van der Waals surface area contributed by atoms with Gasteiger partial charge in [0.05, 0.1) is 5.69 Å². The molecule has 2 aromatic heterocycles. The van der Waals surface area contributed by atoms with Gasteiger partial charge in [-0.2, -0.15) is 5.10 Å². The van der Waals surface area contributed by atoms with Gasteiger partial charge in [0.15, 0.2) is 11.5 Å². The topological polar surface area (TPSA) is 87.0 Å². The summed E-state index contributed by atoms with van der Waals surface area (Å²) in [5.74, 6) is 0.725. The van der Waals surface area contributed by atoms with Crippen molar-refractivity contribution in [2.45, 2.75) is 13.5 Å². The third-order valence-corrected chi connectivity index (χ3v) is 2.22. The van der Waals surface area contributed by atoms with Gasteiger partial charge in [-0.25, -0.2) is 0 Å². The van der Waals surface area contributed by atoms with Gasteiger partial charge in [-0.3, -0.25) is 9.89 Å². The van der Waals surface area contributed by atoms with E-state index in [4.69, 9.17) is 4.52 Å². The summed E-state index contributed by atoms with van der Waals surface area (Å²) in [6.45, 7) is 2.46. The summed E-state index contributed by atoms with van der Waals surface area (Å²) >= 11 is 0. The number of nitrogens with zero attached hydrogens (tertiary/aromatic N) is 3. The molecule has 0 radical (unpaired) electrons. The predicted molar refractivity (Wildman–Crippen MR) is 65.2 cm³/mol. The monoisotopic (exact) mass is 249 g/mol. The zero-order valence-electron chi connectivity index (χ0n) is 10.5. The number of aromatic nitrogens is 3. The number of carbonyl (C=O) groups excluding carboxylic acids is 1. The van der Waals surface area contributed by atoms with Gasteiger partial charge in [-0.1, -0.05) is 5.16 Å². The normalized spacial score (nSPS) is 10.9. The lowest BCUT2D eigenvalue weighted by Gasteiger charge is -2.05. The fourth-order valence-electron chi connectivity index (χ4n) is 1.50. The average Bonchev–Trinajstić information content (AvgIpc) is 2.87. The second-order valence-electron chi connectivity index (χ2n) is 4.29. The third-order valence-electron chi connectivity index (χ3n) is 2.22. The molecule has 2 N–H and O–H groups in total. The first kappa shape index (κ1) is 12.3. The van der Waals surface area contributed by atoms with E-state index in [0.29, 0.717) is 11.6 Å². The second kappa shape index (κ2) is 5.01. The Morgan fingerprint density at radius 1 is 1.50 bits per heavy atom. The Bertz CT molecular complexity index is 543. The Labute approximate surface area is 104 Å². The lowest BCUT2D eigenvalue weighted by atomic mass is 10.3. The number of aryl methyl sites for hydroxylation is 1. The number of hydrogen-bond acceptors (Lipinski definition) is 5. The minimum Gasteiger partial charge on any atom is -0.361 e. The quantitative estimate of drug-likeness (QED) is 0.844. The van der Waals surface area contributed by atoms with E-state index in [-0.39, 0.29) is 11.6 Å². The number of anilines is 1. The van der Waals surface area contributed by atoms with Crippen molar-refractivity contribution < 1.29 is 9.32 Å². The summed E-state index contributed by atoms with van der Waals surface area (Å²) in [5.41, 5.74) is 1.16. The van der Waals surface area contributed by atoms with Crippen LogP contribution in [-0.2, 0) is 6.54 Å². The number of aromatic amines is 1. The molecule has 2 heterocycles. The molecule has 0 bridgehead atoms. The molecular formula is C11H15N5O2. The molecule has 7 nitrogen and oxygen atoms in total. The number of hydrogen-bond donors (Lipinski definition) is 2. The van der Waals surface area contributed by atoms with Crippen molar-refractivity contribution in [2.75, 3.05) is 19.4 Å². The molecule has 0 spiro atoms. The van der Waals surface area contributed by atoms with Crippen molar-refractivity contribution in [3.8, 4) is 0 Å². The van der Waals surface area contributed by atoms with Crippen LogP contribution in [0.15, 0.2) is 16.7 Å². The standard InChI is InChI=1S/C11H15N5O2/c1-7-4-9(15-18-7)11(17)12-10-5-8(13-14-10)6-16(2)3/h4-5H,6H2,1-3H3,(H2,12,13,14,17). The maximum Gasteiger partial charge on any atom is 0.279 e. The van der Waals surface area contributed by atoms with Gasteiger partial charge in [0.25, 0.3) is 5.91 Å². The number of rotatable bonds is 4. The van der Waals surface area contributed by atoms with Crippen molar-refractivity contribution in [3.63, 3.8) is 0 Å². The third kappa shape index (κ3) is 2.95. The van der Waals surface area contributed by atoms with Gasteiger partial charge >= 0.3 is 0 Å². The minimum atomic E-state index is -0.338. The zero-order valence-corrected chi connectivity index (χ0v) is 10.5. The van der Waals surface area contributed by atoms with Crippen molar-refractivity contribution in [3.05, 3.63) is 29.3 Å². The van der Waals surface area contributed by atoms with Crippen LogP contribution in [0.25, 0.3) is 0 Å². The van der Waals surface area contributed by atoms with E-state index in [2.05, 4.69) is 20.7 Å². The summed E-state index contributed by atoms with van der Waals surface area (Å²) < 4.78 is 4.84. The van der Waals surface area contributed by atoms with E-state index in [1.165, 1.54) is 0 Å². The van der Waals surface area contributed by atoms with Gasteiger partial charge in [0, 0.05) is 18.7 Å². The van der Waals surface area contributed by atoms with E-state index in [9.17, 15) is 4.79 Å². The summed E-state index contributed by atoms with van der Waals surface area (Å²) in [5, 5.41) is 13.1. The minimum absolute atomic E-state index is 0.240. The Hall–Kier alpha value is -2.15. The Morgan fingerprint density at radius 3 is 2.89 bits per heavy atom. The molecule has 0 aliphatic rings. The lowest BCUT2D eigenvalue weighted by Crippen LogP contribution is -2.12. The van der Waals surface area contributed by atoms with Crippen LogP contribution in [0.5, 0.6) is 0 Å². The number of nitrogens with one attached hydrogen (secondary N) is 2. The molecule has 96 valence electrons. The molecule has 7 heteroatoms. The molecule has 0 atom stereocenters. The first-order valence-corrected chi connectivity index (χ1v) is 5.48. The summed E-state index contributed by atoms with van der Waals surface area (Å²) in [6, 6.07) is 3.35. The zero-order chi connectivity index (χ0) is 13.1. The summed E-state index contributed by atoms with van der Waals surface area (Å²) in [6.07, 6.45) is 0. The molecule has 2 rings (SSSR count). The van der Waals surface area contributed by atoms with Crippen LogP contribution in [0.4, 0.5) is 5.82 Å². The summed E-state index contributed by atoms with van der Waals surface area (Å²) in [4.78, 5) is 13.8. The number of H-pyrrole nitrogens is 1. The van der Waals surface area contributed by atoms with Crippen LogP contribution in [-0.4, -0.2) is 40.3 Å². The van der Waals surface area contributed by atoms with Crippen molar-refractivity contribution >= 4 is 11.7 Å². The van der Waals surface area contributed by atoms with Crippen molar-refractivity contribution in [2.24, 2.45) is 0 Å². The number of carbonyl (C=O) groups is 1. The first-order chi connectivity index (χ1) is 8.54.